The van der Waals surface area contributed by atoms with E-state index in [1.165, 1.54) is 5.56 Å². The highest BCUT2D eigenvalue weighted by Crippen LogP contribution is 2.16. The average Bonchev–Trinajstić information content (AvgIpc) is 3.35. The Morgan fingerprint density at radius 1 is 1.00 bits per heavy atom. The molecule has 0 unspecified atom stereocenters. The van der Waals surface area contributed by atoms with E-state index < -0.39 is 0 Å². The third-order valence-corrected chi connectivity index (χ3v) is 6.27. The molecular formula is C29H27N5O2. The molecule has 180 valence electrons. The van der Waals surface area contributed by atoms with Crippen LogP contribution in [0.1, 0.15) is 22.4 Å². The van der Waals surface area contributed by atoms with Gasteiger partial charge in [0.25, 0.3) is 0 Å². The smallest absolute Gasteiger partial charge is 0.246 e. The van der Waals surface area contributed by atoms with Gasteiger partial charge in [-0.25, -0.2) is 4.98 Å². The summed E-state index contributed by atoms with van der Waals surface area (Å²) in [5.41, 5.74) is 4.57. The van der Waals surface area contributed by atoms with Gasteiger partial charge in [-0.3, -0.25) is 9.69 Å². The van der Waals surface area contributed by atoms with Gasteiger partial charge in [0.15, 0.2) is 0 Å². The quantitative estimate of drug-likeness (QED) is 0.374. The lowest BCUT2D eigenvalue weighted by atomic mass is 10.1. The highest BCUT2D eigenvalue weighted by Gasteiger charge is 2.19. The van der Waals surface area contributed by atoms with E-state index in [1.807, 2.05) is 94.5 Å². The predicted octanol–water partition coefficient (Wildman–Crippen LogP) is 4.14. The lowest BCUT2D eigenvalue weighted by molar-refractivity contribution is -0.127. The minimum Gasteiger partial charge on any atom is -0.487 e. The summed E-state index contributed by atoms with van der Waals surface area (Å²) in [6, 6.07) is 23.4. The molecule has 0 aliphatic carbocycles. The number of imidazole rings is 1. The topological polar surface area (TPSA) is 73.9 Å². The first-order valence-electron chi connectivity index (χ1n) is 12.0. The lowest BCUT2D eigenvalue weighted by Crippen LogP contribution is -2.47. The molecule has 1 aliphatic heterocycles. The van der Waals surface area contributed by atoms with Gasteiger partial charge in [-0.1, -0.05) is 30.3 Å². The van der Waals surface area contributed by atoms with Crippen LogP contribution in [-0.2, 0) is 17.9 Å². The van der Waals surface area contributed by atoms with Crippen molar-refractivity contribution in [1.29, 1.82) is 5.26 Å². The van der Waals surface area contributed by atoms with E-state index in [2.05, 4.69) is 16.0 Å². The Morgan fingerprint density at radius 2 is 1.78 bits per heavy atom. The molecule has 2 aromatic carbocycles. The van der Waals surface area contributed by atoms with E-state index in [1.54, 1.807) is 6.08 Å². The summed E-state index contributed by atoms with van der Waals surface area (Å²) in [5, 5.41) is 8.93. The number of hydrogen-bond acceptors (Lipinski definition) is 5. The van der Waals surface area contributed by atoms with Gasteiger partial charge in [-0.05, 0) is 53.6 Å². The van der Waals surface area contributed by atoms with Crippen LogP contribution in [0.3, 0.4) is 0 Å². The SMILES string of the molecule is N#Cc1ccc(CN2CCN(C(=O)C=Cc3ccc(OCc4cn5ccccc5n4)cc3)CC2)cc1. The van der Waals surface area contributed by atoms with Crippen molar-refractivity contribution in [3.63, 3.8) is 0 Å². The fourth-order valence-corrected chi connectivity index (χ4v) is 4.23. The van der Waals surface area contributed by atoms with E-state index in [-0.39, 0.29) is 5.91 Å². The van der Waals surface area contributed by atoms with Gasteiger partial charge in [-0.15, -0.1) is 0 Å². The molecule has 2 aromatic heterocycles. The normalized spacial score (nSPS) is 14.2. The number of benzene rings is 2. The molecule has 0 spiro atoms. The van der Waals surface area contributed by atoms with Crippen molar-refractivity contribution in [2.45, 2.75) is 13.2 Å². The molecule has 1 amide bonds. The number of carbonyl (C=O) groups excluding carboxylic acids is 1. The maximum absolute atomic E-state index is 12.7. The molecular weight excluding hydrogens is 450 g/mol. The molecule has 0 radical (unpaired) electrons. The summed E-state index contributed by atoms with van der Waals surface area (Å²) in [4.78, 5) is 21.4. The van der Waals surface area contributed by atoms with Crippen molar-refractivity contribution >= 4 is 17.6 Å². The standard InChI is InChI=1S/C29H27N5O2/c30-19-24-4-6-25(7-5-24)20-32-15-17-33(18-16-32)29(35)13-10-23-8-11-27(12-9-23)36-22-26-21-34-14-2-1-3-28(34)31-26/h1-14,21H,15-18,20,22H2. The van der Waals surface area contributed by atoms with Gasteiger partial charge < -0.3 is 14.0 Å². The van der Waals surface area contributed by atoms with Crippen LogP contribution in [0.5, 0.6) is 5.75 Å². The third kappa shape index (κ3) is 5.80. The summed E-state index contributed by atoms with van der Waals surface area (Å²) < 4.78 is 7.84. The number of fused-ring (bicyclic) bond motifs is 1. The number of amides is 1. The zero-order valence-electron chi connectivity index (χ0n) is 20.0. The zero-order chi connectivity index (χ0) is 24.7. The summed E-state index contributed by atoms with van der Waals surface area (Å²) in [6.45, 7) is 4.29. The zero-order valence-corrected chi connectivity index (χ0v) is 20.0. The molecule has 1 fully saturated rings. The molecule has 1 aliphatic rings. The van der Waals surface area contributed by atoms with Crippen molar-refractivity contribution in [2.24, 2.45) is 0 Å². The van der Waals surface area contributed by atoms with E-state index in [4.69, 9.17) is 10.00 Å². The summed E-state index contributed by atoms with van der Waals surface area (Å²) in [5.74, 6) is 0.786. The molecule has 7 heteroatoms. The molecule has 1 saturated heterocycles. The first-order chi connectivity index (χ1) is 17.7. The molecule has 36 heavy (non-hydrogen) atoms. The Bertz CT molecular complexity index is 1360. The average molecular weight is 478 g/mol. The van der Waals surface area contributed by atoms with Crippen molar-refractivity contribution in [1.82, 2.24) is 19.2 Å². The van der Waals surface area contributed by atoms with Crippen LogP contribution >= 0.6 is 0 Å². The van der Waals surface area contributed by atoms with Crippen LogP contribution in [0.15, 0.2) is 85.2 Å². The molecule has 3 heterocycles. The maximum Gasteiger partial charge on any atom is 0.246 e. The number of ether oxygens (including phenoxy) is 1. The van der Waals surface area contributed by atoms with Crippen molar-refractivity contribution in [3.05, 3.63) is 108 Å². The Labute approximate surface area is 210 Å². The minimum atomic E-state index is 0.0280. The van der Waals surface area contributed by atoms with Crippen LogP contribution in [0.25, 0.3) is 11.7 Å². The van der Waals surface area contributed by atoms with Crippen molar-refractivity contribution in [2.75, 3.05) is 26.2 Å². The number of hydrogen-bond donors (Lipinski definition) is 0. The van der Waals surface area contributed by atoms with E-state index in [0.29, 0.717) is 25.3 Å². The van der Waals surface area contributed by atoms with Gasteiger partial charge in [-0.2, -0.15) is 5.26 Å². The van der Waals surface area contributed by atoms with Gasteiger partial charge in [0.1, 0.15) is 18.0 Å². The van der Waals surface area contributed by atoms with Gasteiger partial charge in [0.2, 0.25) is 5.91 Å². The fourth-order valence-electron chi connectivity index (χ4n) is 4.23. The molecule has 0 N–H and O–H groups in total. The predicted molar refractivity (Wildman–Crippen MR) is 138 cm³/mol. The number of nitriles is 1. The van der Waals surface area contributed by atoms with Crippen molar-refractivity contribution < 1.29 is 9.53 Å². The molecule has 0 atom stereocenters. The summed E-state index contributed by atoms with van der Waals surface area (Å²) in [6.07, 6.45) is 7.41. The van der Waals surface area contributed by atoms with Crippen LogP contribution in [0, 0.1) is 11.3 Å². The molecule has 4 aromatic rings. The molecule has 0 saturated carbocycles. The Morgan fingerprint density at radius 3 is 2.50 bits per heavy atom. The Kier molecular flexibility index (Phi) is 7.06. The van der Waals surface area contributed by atoms with Gasteiger partial charge >= 0.3 is 0 Å². The number of nitrogens with zero attached hydrogens (tertiary/aromatic N) is 5. The molecule has 5 rings (SSSR count). The minimum absolute atomic E-state index is 0.0280. The van der Waals surface area contributed by atoms with Gasteiger partial charge in [0, 0.05) is 51.2 Å². The van der Waals surface area contributed by atoms with Gasteiger partial charge in [0.05, 0.1) is 17.3 Å². The second-order valence-corrected chi connectivity index (χ2v) is 8.80. The van der Waals surface area contributed by atoms with E-state index in [0.717, 1.165) is 42.3 Å². The number of carbonyl (C=O) groups is 1. The van der Waals surface area contributed by atoms with Crippen LogP contribution in [-0.4, -0.2) is 51.3 Å². The molecule has 0 bridgehead atoms. The molecule has 7 nitrogen and oxygen atoms in total. The monoisotopic (exact) mass is 477 g/mol. The highest BCUT2D eigenvalue weighted by molar-refractivity contribution is 5.91. The van der Waals surface area contributed by atoms with E-state index in [9.17, 15) is 4.79 Å². The summed E-state index contributed by atoms with van der Waals surface area (Å²) in [7, 11) is 0. The number of piperazine rings is 1. The number of aromatic nitrogens is 2. The van der Waals surface area contributed by atoms with Crippen LogP contribution in [0.2, 0.25) is 0 Å². The van der Waals surface area contributed by atoms with Crippen LogP contribution in [0.4, 0.5) is 0 Å². The highest BCUT2D eigenvalue weighted by atomic mass is 16.5. The lowest BCUT2D eigenvalue weighted by Gasteiger charge is -2.34. The van der Waals surface area contributed by atoms with E-state index >= 15 is 0 Å². The van der Waals surface area contributed by atoms with Crippen molar-refractivity contribution in [3.8, 4) is 11.8 Å². The second kappa shape index (κ2) is 10.9. The Balaban J connectivity index is 1.08. The first-order valence-corrected chi connectivity index (χ1v) is 12.0. The Hall–Kier alpha value is -4.41. The van der Waals surface area contributed by atoms with Crippen LogP contribution < -0.4 is 4.74 Å². The summed E-state index contributed by atoms with van der Waals surface area (Å²) >= 11 is 0. The number of rotatable bonds is 7. The fraction of sp³-hybridized carbons (Fsp3) is 0.207. The largest absolute Gasteiger partial charge is 0.487 e. The maximum atomic E-state index is 12.7. The second-order valence-electron chi connectivity index (χ2n) is 8.80. The first kappa shape index (κ1) is 23.3. The third-order valence-electron chi connectivity index (χ3n) is 6.27. The number of pyridine rings is 1.